The normalized spacial score (nSPS) is 10.8. The topological polar surface area (TPSA) is 79.8 Å². The van der Waals surface area contributed by atoms with Crippen LogP contribution in [0.5, 0.6) is 11.5 Å². The van der Waals surface area contributed by atoms with Crippen molar-refractivity contribution in [3.05, 3.63) is 53.6 Å². The van der Waals surface area contributed by atoms with Gasteiger partial charge in [-0.1, -0.05) is 23.8 Å². The van der Waals surface area contributed by atoms with Crippen LogP contribution in [0.25, 0.3) is 0 Å². The van der Waals surface area contributed by atoms with Crippen molar-refractivity contribution in [1.29, 1.82) is 0 Å². The molecule has 0 aliphatic heterocycles. The molecule has 6 nitrogen and oxygen atoms in total. The van der Waals surface area contributed by atoms with Crippen LogP contribution < -0.4 is 32.5 Å². The third-order valence-corrected chi connectivity index (χ3v) is 4.09. The smallest absolute Gasteiger partial charge is 0.262 e. The highest BCUT2D eigenvalue weighted by Crippen LogP contribution is 2.28. The van der Waals surface area contributed by atoms with Gasteiger partial charge in [0.05, 0.1) is 13.7 Å². The van der Waals surface area contributed by atoms with Crippen LogP contribution in [0, 0.1) is 6.92 Å². The van der Waals surface area contributed by atoms with Gasteiger partial charge in [-0.05, 0) is 50.6 Å². The molecule has 0 saturated heterocycles. The number of hydrogen-bond donors (Lipinski definition) is 3. The van der Waals surface area contributed by atoms with Crippen LogP contribution in [-0.2, 0) is 11.3 Å². The van der Waals surface area contributed by atoms with Gasteiger partial charge in [-0.25, -0.2) is 0 Å². The lowest BCUT2D eigenvalue weighted by molar-refractivity contribution is -0.118. The van der Waals surface area contributed by atoms with Gasteiger partial charge in [0.1, 0.15) is 0 Å². The first-order valence-corrected chi connectivity index (χ1v) is 8.85. The summed E-state index contributed by atoms with van der Waals surface area (Å²) in [6, 6.07) is 13.1. The molecule has 1 amide bonds. The minimum atomic E-state index is -0.365. The van der Waals surface area contributed by atoms with E-state index < -0.39 is 0 Å². The zero-order valence-corrected chi connectivity index (χ0v) is 17.5. The fraction of sp³-hybridized carbons (Fsp3) is 0.381. The van der Waals surface area contributed by atoms with E-state index in [4.69, 9.17) is 9.47 Å². The fourth-order valence-electron chi connectivity index (χ4n) is 2.32. The predicted molar refractivity (Wildman–Crippen MR) is 106 cm³/mol. The summed E-state index contributed by atoms with van der Waals surface area (Å²) < 4.78 is 11.0. The Morgan fingerprint density at radius 1 is 1.11 bits per heavy atom. The Morgan fingerprint density at radius 3 is 2.39 bits per heavy atom. The Balaban J connectivity index is 0.00000392. The minimum Gasteiger partial charge on any atom is -1.00 e. The SMILES string of the molecule is COc1cc(CNC(C)(C)CO)ccc1OCC(=O)Nc1ccc(C)cc1.[Cl-]. The molecule has 0 bridgehead atoms. The largest absolute Gasteiger partial charge is 1.00 e. The van der Waals surface area contributed by atoms with E-state index in [1.54, 1.807) is 13.2 Å². The third-order valence-electron chi connectivity index (χ3n) is 4.09. The van der Waals surface area contributed by atoms with Crippen LogP contribution in [-0.4, -0.2) is 36.9 Å². The summed E-state index contributed by atoms with van der Waals surface area (Å²) in [6.07, 6.45) is 0. The number of methoxy groups -OCH3 is 1. The summed E-state index contributed by atoms with van der Waals surface area (Å²) in [6.45, 7) is 6.35. The van der Waals surface area contributed by atoms with Crippen LogP contribution in [0.1, 0.15) is 25.0 Å². The molecule has 0 atom stereocenters. The molecule has 0 unspecified atom stereocenters. The van der Waals surface area contributed by atoms with Crippen molar-refractivity contribution >= 4 is 11.6 Å². The van der Waals surface area contributed by atoms with Gasteiger partial charge in [0.25, 0.3) is 5.91 Å². The third kappa shape index (κ3) is 7.38. The molecule has 0 aromatic heterocycles. The van der Waals surface area contributed by atoms with Crippen molar-refractivity contribution in [1.82, 2.24) is 5.32 Å². The Hall–Kier alpha value is -2.28. The Bertz CT molecular complexity index is 764. The summed E-state index contributed by atoms with van der Waals surface area (Å²) in [4.78, 5) is 12.1. The number of amides is 1. The van der Waals surface area contributed by atoms with Gasteiger partial charge in [0, 0.05) is 17.8 Å². The molecule has 0 aliphatic carbocycles. The molecule has 0 radical (unpaired) electrons. The average molecular weight is 408 g/mol. The van der Waals surface area contributed by atoms with Gasteiger partial charge in [-0.3, -0.25) is 4.79 Å². The van der Waals surface area contributed by atoms with E-state index in [0.29, 0.717) is 18.0 Å². The second-order valence-electron chi connectivity index (χ2n) is 7.08. The van der Waals surface area contributed by atoms with Gasteiger partial charge in [0.2, 0.25) is 0 Å². The summed E-state index contributed by atoms with van der Waals surface area (Å²) in [5, 5.41) is 15.4. The van der Waals surface area contributed by atoms with Crippen molar-refractivity contribution in [2.45, 2.75) is 32.9 Å². The van der Waals surface area contributed by atoms with E-state index in [1.807, 2.05) is 57.2 Å². The number of anilines is 1. The van der Waals surface area contributed by atoms with Crippen molar-refractivity contribution < 1.29 is 31.8 Å². The van der Waals surface area contributed by atoms with Gasteiger partial charge < -0.3 is 37.6 Å². The Labute approximate surface area is 172 Å². The number of aliphatic hydroxyl groups excluding tert-OH is 1. The molecule has 3 N–H and O–H groups in total. The van der Waals surface area contributed by atoms with E-state index >= 15 is 0 Å². The zero-order valence-electron chi connectivity index (χ0n) is 16.7. The quantitative estimate of drug-likeness (QED) is 0.540. The molecular weight excluding hydrogens is 380 g/mol. The monoisotopic (exact) mass is 407 g/mol. The van der Waals surface area contributed by atoms with Crippen LogP contribution in [0.4, 0.5) is 5.69 Å². The maximum atomic E-state index is 12.1. The van der Waals surface area contributed by atoms with Gasteiger partial charge >= 0.3 is 0 Å². The Kier molecular flexibility index (Phi) is 9.25. The molecule has 28 heavy (non-hydrogen) atoms. The Morgan fingerprint density at radius 2 is 1.79 bits per heavy atom. The number of aryl methyl sites for hydroxylation is 1. The lowest BCUT2D eigenvalue weighted by Crippen LogP contribution is -3.00. The van der Waals surface area contributed by atoms with E-state index in [-0.39, 0.29) is 37.1 Å². The summed E-state index contributed by atoms with van der Waals surface area (Å²) >= 11 is 0. The number of rotatable bonds is 9. The van der Waals surface area contributed by atoms with E-state index in [1.165, 1.54) is 0 Å². The molecule has 0 aliphatic rings. The van der Waals surface area contributed by atoms with Crippen LogP contribution in [0.2, 0.25) is 0 Å². The van der Waals surface area contributed by atoms with E-state index in [0.717, 1.165) is 16.8 Å². The fourth-order valence-corrected chi connectivity index (χ4v) is 2.32. The maximum Gasteiger partial charge on any atom is 0.262 e. The van der Waals surface area contributed by atoms with Crippen LogP contribution >= 0.6 is 0 Å². The van der Waals surface area contributed by atoms with Crippen molar-refractivity contribution in [2.75, 3.05) is 25.6 Å². The van der Waals surface area contributed by atoms with Gasteiger partial charge in [-0.15, -0.1) is 0 Å². The molecular formula is C21H28ClN2O4-. The molecule has 0 fully saturated rings. The summed E-state index contributed by atoms with van der Waals surface area (Å²) in [7, 11) is 1.56. The van der Waals surface area contributed by atoms with E-state index in [2.05, 4.69) is 10.6 Å². The van der Waals surface area contributed by atoms with Gasteiger partial charge in [0.15, 0.2) is 18.1 Å². The average Bonchev–Trinajstić information content (AvgIpc) is 2.67. The first kappa shape index (κ1) is 23.8. The summed E-state index contributed by atoms with van der Waals surface area (Å²) in [5.74, 6) is 0.817. The minimum absolute atomic E-state index is 0. The first-order chi connectivity index (χ1) is 12.8. The van der Waals surface area contributed by atoms with E-state index in [9.17, 15) is 9.90 Å². The number of aliphatic hydroxyl groups is 1. The lowest BCUT2D eigenvalue weighted by atomic mass is 10.1. The molecule has 0 heterocycles. The highest BCUT2D eigenvalue weighted by molar-refractivity contribution is 5.91. The zero-order chi connectivity index (χ0) is 19.9. The standard InChI is InChI=1S/C21H28N2O4.ClH/c1-15-5-8-17(9-6-15)23-20(25)13-27-18-10-7-16(11-19(18)26-4)12-22-21(2,3)14-24;/h5-11,22,24H,12-14H2,1-4H3,(H,23,25);1H/p-1. The summed E-state index contributed by atoms with van der Waals surface area (Å²) in [5.41, 5.74) is 2.49. The molecule has 2 aromatic carbocycles. The lowest BCUT2D eigenvalue weighted by Gasteiger charge is -2.23. The van der Waals surface area contributed by atoms with Crippen LogP contribution in [0.3, 0.4) is 0 Å². The number of hydrogen-bond acceptors (Lipinski definition) is 5. The van der Waals surface area contributed by atoms with Gasteiger partial charge in [-0.2, -0.15) is 0 Å². The number of carbonyl (C=O) groups excluding carboxylic acids is 1. The second kappa shape index (κ2) is 10.9. The number of carbonyl (C=O) groups is 1. The highest BCUT2D eigenvalue weighted by Gasteiger charge is 2.15. The predicted octanol–water partition coefficient (Wildman–Crippen LogP) is -0.114. The molecule has 7 heteroatoms. The number of halogens is 1. The molecule has 2 rings (SSSR count). The first-order valence-electron chi connectivity index (χ1n) is 8.85. The second-order valence-corrected chi connectivity index (χ2v) is 7.08. The number of nitrogens with one attached hydrogen (secondary N) is 2. The molecule has 154 valence electrons. The van der Waals surface area contributed by atoms with Crippen molar-refractivity contribution in [3.63, 3.8) is 0 Å². The highest BCUT2D eigenvalue weighted by atomic mass is 35.5. The molecule has 0 spiro atoms. The number of benzene rings is 2. The molecule has 0 saturated carbocycles. The maximum absolute atomic E-state index is 12.1. The van der Waals surface area contributed by atoms with Crippen molar-refractivity contribution in [3.8, 4) is 11.5 Å². The number of ether oxygens (including phenoxy) is 2. The van der Waals surface area contributed by atoms with Crippen LogP contribution in [0.15, 0.2) is 42.5 Å². The van der Waals surface area contributed by atoms with Crippen molar-refractivity contribution in [2.24, 2.45) is 0 Å². The molecule has 2 aromatic rings.